The van der Waals surface area contributed by atoms with Gasteiger partial charge in [0.15, 0.2) is 9.84 Å². The third kappa shape index (κ3) is 3.17. The van der Waals surface area contributed by atoms with Gasteiger partial charge in [0.25, 0.3) is 0 Å². The number of rotatable bonds is 3. The second-order valence-electron chi connectivity index (χ2n) is 4.83. The van der Waals surface area contributed by atoms with Gasteiger partial charge in [0.2, 0.25) is 5.91 Å². The predicted molar refractivity (Wildman–Crippen MR) is 74.4 cm³/mol. The Hall–Kier alpha value is -1.87. The van der Waals surface area contributed by atoms with Crippen LogP contribution in [0.3, 0.4) is 0 Å². The van der Waals surface area contributed by atoms with Crippen LogP contribution in [0.25, 0.3) is 0 Å². The molecule has 5 nitrogen and oxygen atoms in total. The molecule has 0 bridgehead atoms. The molecule has 1 fully saturated rings. The van der Waals surface area contributed by atoms with E-state index in [0.29, 0.717) is 18.4 Å². The summed E-state index contributed by atoms with van der Waals surface area (Å²) in [4.78, 5) is 12.1. The third-order valence-corrected chi connectivity index (χ3v) is 5.59. The summed E-state index contributed by atoms with van der Waals surface area (Å²) in [6.07, 6.45) is 1.66. The summed E-state index contributed by atoms with van der Waals surface area (Å²) >= 11 is 0. The monoisotopic (exact) mass is 292 g/mol. The topological polar surface area (TPSA) is 87.0 Å². The fourth-order valence-corrected chi connectivity index (χ4v) is 4.13. The fraction of sp³-hybridized carbons (Fsp3) is 0.429. The Bertz CT molecular complexity index is 620. The molecule has 0 radical (unpaired) electrons. The van der Waals surface area contributed by atoms with Crippen LogP contribution in [0.15, 0.2) is 30.3 Å². The minimum absolute atomic E-state index is 0.0492. The van der Waals surface area contributed by atoms with E-state index in [1.165, 1.54) is 0 Å². The molecule has 0 saturated carbocycles. The molecular weight excluding hydrogens is 276 g/mol. The standard InChI is InChI=1S/C14H16N2O3S/c15-10-12(11-6-2-1-3-7-11)16-14(17)13-8-4-5-9-20(13,18)19/h1-3,6-7,12-13H,4-5,8-9H2,(H,16,17). The Morgan fingerprint density at radius 2 is 2.00 bits per heavy atom. The normalized spacial score (nSPS) is 22.4. The summed E-state index contributed by atoms with van der Waals surface area (Å²) in [6.45, 7) is 0. The highest BCUT2D eigenvalue weighted by molar-refractivity contribution is 7.92. The van der Waals surface area contributed by atoms with Gasteiger partial charge in [-0.3, -0.25) is 4.79 Å². The lowest BCUT2D eigenvalue weighted by Crippen LogP contribution is -2.43. The maximum absolute atomic E-state index is 12.1. The zero-order valence-corrected chi connectivity index (χ0v) is 11.8. The second-order valence-corrected chi connectivity index (χ2v) is 7.14. The van der Waals surface area contributed by atoms with Crippen molar-refractivity contribution in [3.63, 3.8) is 0 Å². The minimum Gasteiger partial charge on any atom is -0.336 e. The van der Waals surface area contributed by atoms with Gasteiger partial charge in [-0.15, -0.1) is 0 Å². The summed E-state index contributed by atoms with van der Waals surface area (Å²) in [5.74, 6) is -0.520. The molecule has 1 aliphatic rings. The first-order valence-electron chi connectivity index (χ1n) is 6.51. The Morgan fingerprint density at radius 3 is 2.60 bits per heavy atom. The summed E-state index contributed by atoms with van der Waals surface area (Å²) < 4.78 is 23.8. The summed E-state index contributed by atoms with van der Waals surface area (Å²) in [6, 6.07) is 9.97. The maximum Gasteiger partial charge on any atom is 0.239 e. The van der Waals surface area contributed by atoms with Gasteiger partial charge < -0.3 is 5.32 Å². The average molecular weight is 292 g/mol. The number of amides is 1. The second kappa shape index (κ2) is 6.06. The fourth-order valence-electron chi connectivity index (χ4n) is 2.32. The minimum atomic E-state index is -3.38. The van der Waals surface area contributed by atoms with Gasteiger partial charge in [0, 0.05) is 0 Å². The van der Waals surface area contributed by atoms with Gasteiger partial charge in [-0.25, -0.2) is 8.42 Å². The van der Waals surface area contributed by atoms with Crippen LogP contribution in [0, 0.1) is 11.3 Å². The molecular formula is C14H16N2O3S. The van der Waals surface area contributed by atoms with Crippen molar-refractivity contribution in [1.82, 2.24) is 5.32 Å². The molecule has 0 spiro atoms. The highest BCUT2D eigenvalue weighted by Gasteiger charge is 2.35. The van der Waals surface area contributed by atoms with E-state index in [0.717, 1.165) is 6.42 Å². The Balaban J connectivity index is 2.12. The van der Waals surface area contributed by atoms with E-state index >= 15 is 0 Å². The van der Waals surface area contributed by atoms with Crippen LogP contribution < -0.4 is 5.32 Å². The first kappa shape index (κ1) is 14.5. The molecule has 20 heavy (non-hydrogen) atoms. The van der Waals surface area contributed by atoms with Crippen LogP contribution in [0.2, 0.25) is 0 Å². The molecule has 0 aromatic heterocycles. The molecule has 1 N–H and O–H groups in total. The zero-order valence-electron chi connectivity index (χ0n) is 11.0. The lowest BCUT2D eigenvalue weighted by atomic mass is 10.1. The van der Waals surface area contributed by atoms with Crippen LogP contribution in [-0.4, -0.2) is 25.3 Å². The summed E-state index contributed by atoms with van der Waals surface area (Å²) in [7, 11) is -3.38. The first-order chi connectivity index (χ1) is 9.54. The summed E-state index contributed by atoms with van der Waals surface area (Å²) in [5.41, 5.74) is 0.650. The van der Waals surface area contributed by atoms with Crippen molar-refractivity contribution in [2.75, 3.05) is 5.75 Å². The number of nitriles is 1. The number of hydrogen-bond acceptors (Lipinski definition) is 4. The van der Waals surface area contributed by atoms with Gasteiger partial charge in [-0.2, -0.15) is 5.26 Å². The highest BCUT2D eigenvalue weighted by Crippen LogP contribution is 2.21. The Kier molecular flexibility index (Phi) is 4.40. The molecule has 1 saturated heterocycles. The van der Waals surface area contributed by atoms with Gasteiger partial charge >= 0.3 is 0 Å². The van der Waals surface area contributed by atoms with E-state index in [1.807, 2.05) is 12.1 Å². The lowest BCUT2D eigenvalue weighted by Gasteiger charge is -2.22. The number of nitrogens with zero attached hydrogens (tertiary/aromatic N) is 1. The predicted octanol–water partition coefficient (Wildman–Crippen LogP) is 1.33. The SMILES string of the molecule is N#CC(NC(=O)C1CCCCS1(=O)=O)c1ccccc1. The number of carbonyl (C=O) groups excluding carboxylic acids is 1. The number of sulfone groups is 1. The molecule has 2 atom stereocenters. The van der Waals surface area contributed by atoms with Gasteiger partial charge in [-0.1, -0.05) is 36.8 Å². The lowest BCUT2D eigenvalue weighted by molar-refractivity contribution is -0.121. The smallest absolute Gasteiger partial charge is 0.239 e. The zero-order chi connectivity index (χ0) is 14.6. The van der Waals surface area contributed by atoms with Crippen molar-refractivity contribution in [3.8, 4) is 6.07 Å². The Labute approximate surface area is 118 Å². The molecule has 1 aromatic rings. The highest BCUT2D eigenvalue weighted by atomic mass is 32.2. The van der Waals surface area contributed by atoms with E-state index < -0.39 is 27.0 Å². The number of carbonyl (C=O) groups is 1. The van der Waals surface area contributed by atoms with E-state index in [-0.39, 0.29) is 5.75 Å². The number of nitrogens with one attached hydrogen (secondary N) is 1. The van der Waals surface area contributed by atoms with Crippen molar-refractivity contribution in [2.45, 2.75) is 30.6 Å². The molecule has 1 aromatic carbocycles. The number of benzene rings is 1. The van der Waals surface area contributed by atoms with Crippen LogP contribution in [-0.2, 0) is 14.6 Å². The molecule has 1 amide bonds. The van der Waals surface area contributed by atoms with Crippen LogP contribution in [0.5, 0.6) is 0 Å². The first-order valence-corrected chi connectivity index (χ1v) is 8.22. The molecule has 2 rings (SSSR count). The summed E-state index contributed by atoms with van der Waals surface area (Å²) in [5, 5.41) is 10.7. The average Bonchev–Trinajstić information content (AvgIpc) is 2.45. The van der Waals surface area contributed by atoms with Crippen molar-refractivity contribution < 1.29 is 13.2 Å². The molecule has 1 heterocycles. The van der Waals surface area contributed by atoms with E-state index in [4.69, 9.17) is 5.26 Å². The quantitative estimate of drug-likeness (QED) is 0.910. The van der Waals surface area contributed by atoms with Crippen LogP contribution in [0.4, 0.5) is 0 Å². The van der Waals surface area contributed by atoms with Crippen molar-refractivity contribution in [2.24, 2.45) is 0 Å². The van der Waals surface area contributed by atoms with Crippen LogP contribution >= 0.6 is 0 Å². The van der Waals surface area contributed by atoms with Gasteiger partial charge in [-0.05, 0) is 18.4 Å². The van der Waals surface area contributed by atoms with Crippen molar-refractivity contribution in [3.05, 3.63) is 35.9 Å². The van der Waals surface area contributed by atoms with E-state index in [9.17, 15) is 13.2 Å². The molecule has 6 heteroatoms. The third-order valence-electron chi connectivity index (χ3n) is 3.42. The van der Waals surface area contributed by atoms with Crippen molar-refractivity contribution in [1.29, 1.82) is 5.26 Å². The largest absolute Gasteiger partial charge is 0.336 e. The molecule has 1 aliphatic heterocycles. The van der Waals surface area contributed by atoms with E-state index in [1.54, 1.807) is 24.3 Å². The molecule has 0 aliphatic carbocycles. The molecule has 2 unspecified atom stereocenters. The number of hydrogen-bond donors (Lipinski definition) is 1. The van der Waals surface area contributed by atoms with Gasteiger partial charge in [0.1, 0.15) is 11.3 Å². The van der Waals surface area contributed by atoms with Gasteiger partial charge in [0.05, 0.1) is 11.8 Å². The van der Waals surface area contributed by atoms with Crippen molar-refractivity contribution >= 4 is 15.7 Å². The van der Waals surface area contributed by atoms with E-state index in [2.05, 4.69) is 5.32 Å². The molecule has 106 valence electrons. The maximum atomic E-state index is 12.1. The Morgan fingerprint density at radius 1 is 1.30 bits per heavy atom. The van der Waals surface area contributed by atoms with Crippen LogP contribution in [0.1, 0.15) is 30.9 Å².